The Morgan fingerprint density at radius 1 is 0.923 bits per heavy atom. The molecule has 26 heavy (non-hydrogen) atoms. The largest absolute Gasteiger partial charge is 0.357 e. The normalized spacial score (nSPS) is 11.8. The summed E-state index contributed by atoms with van der Waals surface area (Å²) in [5, 5.41) is 8.13. The second-order valence-corrected chi connectivity index (χ2v) is 6.63. The molecule has 0 aliphatic heterocycles. The Morgan fingerprint density at radius 3 is 2.54 bits per heavy atom. The summed E-state index contributed by atoms with van der Waals surface area (Å²) in [4.78, 5) is 3.45. The van der Waals surface area contributed by atoms with Crippen molar-refractivity contribution in [3.05, 3.63) is 83.0 Å². The molecule has 4 aromatic rings. The molecule has 0 aliphatic carbocycles. The SMILES string of the molecule is CC(NCc1cc2cc(Cl)ccc2[nH]1)c1cccc2ccccc12.Cl.Cl. The van der Waals surface area contributed by atoms with Crippen LogP contribution in [0.1, 0.15) is 24.2 Å². The number of benzene rings is 3. The van der Waals surface area contributed by atoms with E-state index in [9.17, 15) is 0 Å². The lowest BCUT2D eigenvalue weighted by molar-refractivity contribution is 0.573. The summed E-state index contributed by atoms with van der Waals surface area (Å²) in [7, 11) is 0. The van der Waals surface area contributed by atoms with Crippen LogP contribution in [-0.4, -0.2) is 4.98 Å². The van der Waals surface area contributed by atoms with Gasteiger partial charge in [-0.05, 0) is 47.5 Å². The Kier molecular flexibility index (Phi) is 6.96. The number of aromatic amines is 1. The van der Waals surface area contributed by atoms with Gasteiger partial charge in [0, 0.05) is 34.2 Å². The van der Waals surface area contributed by atoms with Gasteiger partial charge < -0.3 is 10.3 Å². The predicted octanol–water partition coefficient (Wildman–Crippen LogP) is 6.67. The summed E-state index contributed by atoms with van der Waals surface area (Å²) in [5.41, 5.74) is 3.61. The number of hydrogen-bond donors (Lipinski definition) is 2. The molecule has 3 aromatic carbocycles. The van der Waals surface area contributed by atoms with Crippen LogP contribution in [0.3, 0.4) is 0 Å². The van der Waals surface area contributed by atoms with Gasteiger partial charge in [-0.2, -0.15) is 0 Å². The molecule has 5 heteroatoms. The zero-order chi connectivity index (χ0) is 16.5. The third-order valence-electron chi connectivity index (χ3n) is 4.53. The number of aromatic nitrogens is 1. The molecule has 1 aromatic heterocycles. The van der Waals surface area contributed by atoms with Crippen molar-refractivity contribution >= 4 is 58.1 Å². The minimum absolute atomic E-state index is 0. The number of hydrogen-bond acceptors (Lipinski definition) is 1. The zero-order valence-electron chi connectivity index (χ0n) is 14.3. The molecule has 4 rings (SSSR count). The van der Waals surface area contributed by atoms with Crippen LogP contribution in [0, 0.1) is 0 Å². The molecule has 0 fully saturated rings. The maximum atomic E-state index is 6.06. The van der Waals surface area contributed by atoms with E-state index in [1.165, 1.54) is 22.0 Å². The first kappa shape index (κ1) is 20.6. The minimum Gasteiger partial charge on any atom is -0.357 e. The van der Waals surface area contributed by atoms with Crippen molar-refractivity contribution in [2.24, 2.45) is 0 Å². The molecule has 2 N–H and O–H groups in total. The summed E-state index contributed by atoms with van der Waals surface area (Å²) in [6, 6.07) is 23.4. The number of H-pyrrole nitrogens is 1. The maximum Gasteiger partial charge on any atom is 0.0457 e. The molecule has 1 unspecified atom stereocenters. The molecule has 0 saturated carbocycles. The predicted molar refractivity (Wildman–Crippen MR) is 117 cm³/mol. The lowest BCUT2D eigenvalue weighted by Gasteiger charge is -2.16. The van der Waals surface area contributed by atoms with Crippen molar-refractivity contribution in [1.82, 2.24) is 10.3 Å². The highest BCUT2D eigenvalue weighted by Crippen LogP contribution is 2.25. The fourth-order valence-electron chi connectivity index (χ4n) is 3.26. The molecule has 0 aliphatic rings. The van der Waals surface area contributed by atoms with Crippen LogP contribution in [0.25, 0.3) is 21.7 Å². The minimum atomic E-state index is 0. The standard InChI is InChI=1S/C21H19ClN2.2ClH/c1-14(19-8-4-6-15-5-2-3-7-20(15)19)23-13-18-12-16-11-17(22)9-10-21(16)24-18;;/h2-12,14,23-24H,13H2,1H3;2*1H. The van der Waals surface area contributed by atoms with Gasteiger partial charge in [-0.15, -0.1) is 24.8 Å². The van der Waals surface area contributed by atoms with E-state index in [0.29, 0.717) is 0 Å². The Hall–Kier alpha value is -1.71. The first-order valence-electron chi connectivity index (χ1n) is 8.19. The van der Waals surface area contributed by atoms with E-state index >= 15 is 0 Å². The van der Waals surface area contributed by atoms with E-state index in [0.717, 1.165) is 22.5 Å². The fraction of sp³-hybridized carbons (Fsp3) is 0.143. The lowest BCUT2D eigenvalue weighted by Crippen LogP contribution is -2.18. The summed E-state index contributed by atoms with van der Waals surface area (Å²) in [6.07, 6.45) is 0. The van der Waals surface area contributed by atoms with Gasteiger partial charge in [0.2, 0.25) is 0 Å². The van der Waals surface area contributed by atoms with Crippen LogP contribution in [0.2, 0.25) is 5.02 Å². The highest BCUT2D eigenvalue weighted by Gasteiger charge is 2.09. The van der Waals surface area contributed by atoms with Gasteiger partial charge in [0.1, 0.15) is 0 Å². The van der Waals surface area contributed by atoms with Crippen LogP contribution in [0.4, 0.5) is 0 Å². The Morgan fingerprint density at radius 2 is 1.69 bits per heavy atom. The average molecular weight is 408 g/mol. The quantitative estimate of drug-likeness (QED) is 0.388. The van der Waals surface area contributed by atoms with Gasteiger partial charge in [0.05, 0.1) is 0 Å². The monoisotopic (exact) mass is 406 g/mol. The van der Waals surface area contributed by atoms with E-state index in [2.05, 4.69) is 65.8 Å². The van der Waals surface area contributed by atoms with Gasteiger partial charge in [-0.3, -0.25) is 0 Å². The van der Waals surface area contributed by atoms with Crippen molar-refractivity contribution in [2.75, 3.05) is 0 Å². The summed E-state index contributed by atoms with van der Waals surface area (Å²) in [6.45, 7) is 3.00. The van der Waals surface area contributed by atoms with E-state index in [1.807, 2.05) is 18.2 Å². The van der Waals surface area contributed by atoms with Crippen molar-refractivity contribution in [1.29, 1.82) is 0 Å². The number of nitrogens with one attached hydrogen (secondary N) is 2. The highest BCUT2D eigenvalue weighted by molar-refractivity contribution is 6.31. The van der Waals surface area contributed by atoms with Crippen molar-refractivity contribution < 1.29 is 0 Å². The van der Waals surface area contributed by atoms with Gasteiger partial charge in [-0.25, -0.2) is 0 Å². The van der Waals surface area contributed by atoms with Crippen molar-refractivity contribution in [3.63, 3.8) is 0 Å². The molecule has 0 amide bonds. The molecule has 1 atom stereocenters. The van der Waals surface area contributed by atoms with Gasteiger partial charge in [0.25, 0.3) is 0 Å². The van der Waals surface area contributed by atoms with Crippen LogP contribution >= 0.6 is 36.4 Å². The molecule has 0 bridgehead atoms. The van der Waals surface area contributed by atoms with Crippen LogP contribution < -0.4 is 5.32 Å². The van der Waals surface area contributed by atoms with Crippen molar-refractivity contribution in [3.8, 4) is 0 Å². The average Bonchev–Trinajstić information content (AvgIpc) is 3.01. The molecule has 0 radical (unpaired) electrons. The van der Waals surface area contributed by atoms with Gasteiger partial charge >= 0.3 is 0 Å². The van der Waals surface area contributed by atoms with E-state index in [-0.39, 0.29) is 30.9 Å². The summed E-state index contributed by atoms with van der Waals surface area (Å²) in [5.74, 6) is 0. The van der Waals surface area contributed by atoms with Gasteiger partial charge in [0.15, 0.2) is 0 Å². The second kappa shape index (κ2) is 8.79. The zero-order valence-corrected chi connectivity index (χ0v) is 16.7. The van der Waals surface area contributed by atoms with Crippen LogP contribution in [-0.2, 0) is 6.54 Å². The van der Waals surface area contributed by atoms with E-state index < -0.39 is 0 Å². The first-order valence-corrected chi connectivity index (χ1v) is 8.57. The number of rotatable bonds is 4. The molecule has 1 heterocycles. The number of fused-ring (bicyclic) bond motifs is 2. The van der Waals surface area contributed by atoms with Gasteiger partial charge in [-0.1, -0.05) is 54.1 Å². The fourth-order valence-corrected chi connectivity index (χ4v) is 3.44. The smallest absolute Gasteiger partial charge is 0.0457 e. The topological polar surface area (TPSA) is 27.8 Å². The van der Waals surface area contributed by atoms with Crippen LogP contribution in [0.15, 0.2) is 66.7 Å². The second-order valence-electron chi connectivity index (χ2n) is 6.20. The first-order chi connectivity index (χ1) is 11.7. The molecule has 0 spiro atoms. The Bertz CT molecular complexity index is 1010. The molecular formula is C21H21Cl3N2. The third kappa shape index (κ3) is 4.16. The summed E-state index contributed by atoms with van der Waals surface area (Å²) >= 11 is 6.06. The highest BCUT2D eigenvalue weighted by atomic mass is 35.5. The maximum absolute atomic E-state index is 6.06. The Balaban J connectivity index is 0.00000121. The molecule has 2 nitrogen and oxygen atoms in total. The Labute approximate surface area is 170 Å². The molecular weight excluding hydrogens is 387 g/mol. The molecule has 0 saturated heterocycles. The lowest BCUT2D eigenvalue weighted by atomic mass is 10.00. The van der Waals surface area contributed by atoms with Crippen molar-refractivity contribution in [2.45, 2.75) is 19.5 Å². The number of halogens is 3. The third-order valence-corrected chi connectivity index (χ3v) is 4.76. The van der Waals surface area contributed by atoms with E-state index in [4.69, 9.17) is 11.6 Å². The summed E-state index contributed by atoms with van der Waals surface area (Å²) < 4.78 is 0. The van der Waals surface area contributed by atoms with E-state index in [1.54, 1.807) is 0 Å². The molecule has 136 valence electrons. The van der Waals surface area contributed by atoms with Crippen LogP contribution in [0.5, 0.6) is 0 Å².